The summed E-state index contributed by atoms with van der Waals surface area (Å²) in [5, 5.41) is 13.3. The number of aromatic nitrogens is 2. The fourth-order valence-corrected chi connectivity index (χ4v) is 2.96. The van der Waals surface area contributed by atoms with Crippen molar-refractivity contribution in [2.45, 2.75) is 39.7 Å². The van der Waals surface area contributed by atoms with Crippen molar-refractivity contribution in [1.29, 1.82) is 0 Å². The zero-order chi connectivity index (χ0) is 14.7. The Bertz CT molecular complexity index is 611. The number of aryl methyl sites for hydroxylation is 1. The van der Waals surface area contributed by atoms with Gasteiger partial charge in [-0.15, -0.1) is 11.3 Å². The van der Waals surface area contributed by atoms with Crippen molar-refractivity contribution >= 4 is 33.3 Å². The highest BCUT2D eigenvalue weighted by Gasteiger charge is 2.24. The Morgan fingerprint density at radius 1 is 1.45 bits per heavy atom. The van der Waals surface area contributed by atoms with E-state index < -0.39 is 12.0 Å². The number of carboxylic acid groups (broad SMARTS) is 1. The van der Waals surface area contributed by atoms with Gasteiger partial charge in [-0.05, 0) is 18.4 Å². The first-order valence-corrected chi connectivity index (χ1v) is 7.61. The highest BCUT2D eigenvalue weighted by molar-refractivity contribution is 7.18. The number of hydrogen-bond acceptors (Lipinski definition) is 5. The third-order valence-electron chi connectivity index (χ3n) is 3.50. The zero-order valence-electron chi connectivity index (χ0n) is 11.9. The first-order chi connectivity index (χ1) is 9.56. The first kappa shape index (κ1) is 14.7. The van der Waals surface area contributed by atoms with Gasteiger partial charge >= 0.3 is 5.97 Å². The van der Waals surface area contributed by atoms with Crippen LogP contribution in [-0.4, -0.2) is 27.1 Å². The van der Waals surface area contributed by atoms with Crippen molar-refractivity contribution in [1.82, 2.24) is 9.97 Å². The molecule has 0 radical (unpaired) electrons. The van der Waals surface area contributed by atoms with Crippen molar-refractivity contribution in [2.75, 3.05) is 5.32 Å². The van der Waals surface area contributed by atoms with Crippen LogP contribution in [0, 0.1) is 5.92 Å². The molecule has 20 heavy (non-hydrogen) atoms. The third kappa shape index (κ3) is 2.90. The van der Waals surface area contributed by atoms with Crippen molar-refractivity contribution in [3.05, 3.63) is 17.3 Å². The number of aliphatic carboxylic acids is 1. The molecule has 0 saturated carbocycles. The molecule has 108 valence electrons. The van der Waals surface area contributed by atoms with E-state index in [2.05, 4.69) is 22.2 Å². The van der Waals surface area contributed by atoms with E-state index in [-0.39, 0.29) is 5.92 Å². The van der Waals surface area contributed by atoms with E-state index in [9.17, 15) is 9.90 Å². The Morgan fingerprint density at radius 3 is 2.80 bits per heavy atom. The lowest BCUT2D eigenvalue weighted by Crippen LogP contribution is -2.35. The molecule has 2 rings (SSSR count). The molecule has 0 aromatic carbocycles. The minimum atomic E-state index is -0.850. The molecule has 2 atom stereocenters. The van der Waals surface area contributed by atoms with Gasteiger partial charge in [0.2, 0.25) is 0 Å². The van der Waals surface area contributed by atoms with Crippen LogP contribution >= 0.6 is 11.3 Å². The van der Waals surface area contributed by atoms with Crippen LogP contribution in [0.5, 0.6) is 0 Å². The number of fused-ring (bicyclic) bond motifs is 1. The van der Waals surface area contributed by atoms with E-state index in [0.29, 0.717) is 5.82 Å². The number of carbonyl (C=O) groups is 1. The smallest absolute Gasteiger partial charge is 0.326 e. The molecule has 2 N–H and O–H groups in total. The average molecular weight is 293 g/mol. The quantitative estimate of drug-likeness (QED) is 0.855. The standard InChI is InChI=1S/C14H19N3O2S/c1-4-8(3)11(14(18)19)17-12-10-6-9(5-2)20-13(10)16-7-15-12/h6-8,11H,4-5H2,1-3H3,(H,18,19)(H,15,16,17)/t8-,11+/m1/s1. The maximum absolute atomic E-state index is 11.4. The normalized spacial score (nSPS) is 14.2. The molecule has 2 aromatic heterocycles. The number of nitrogens with zero attached hydrogens (tertiary/aromatic N) is 2. The number of thiophene rings is 1. The third-order valence-corrected chi connectivity index (χ3v) is 4.69. The lowest BCUT2D eigenvalue weighted by atomic mass is 9.99. The summed E-state index contributed by atoms with van der Waals surface area (Å²) in [4.78, 5) is 22.0. The first-order valence-electron chi connectivity index (χ1n) is 6.79. The summed E-state index contributed by atoms with van der Waals surface area (Å²) in [5.74, 6) is -0.211. The molecule has 0 spiro atoms. The minimum Gasteiger partial charge on any atom is -0.480 e. The van der Waals surface area contributed by atoms with Gasteiger partial charge in [0.15, 0.2) is 0 Å². The van der Waals surface area contributed by atoms with Gasteiger partial charge in [-0.25, -0.2) is 14.8 Å². The van der Waals surface area contributed by atoms with Crippen LogP contribution in [0.15, 0.2) is 12.4 Å². The molecule has 0 bridgehead atoms. The van der Waals surface area contributed by atoms with Crippen LogP contribution in [0.3, 0.4) is 0 Å². The Balaban J connectivity index is 2.36. The Kier molecular flexibility index (Phi) is 4.54. The van der Waals surface area contributed by atoms with Crippen LogP contribution < -0.4 is 5.32 Å². The fraction of sp³-hybridized carbons (Fsp3) is 0.500. The molecule has 0 fully saturated rings. The summed E-state index contributed by atoms with van der Waals surface area (Å²) in [7, 11) is 0. The van der Waals surface area contributed by atoms with Crippen molar-refractivity contribution in [3.8, 4) is 0 Å². The largest absolute Gasteiger partial charge is 0.480 e. The summed E-state index contributed by atoms with van der Waals surface area (Å²) < 4.78 is 0. The molecule has 0 aliphatic rings. The number of rotatable bonds is 6. The number of carboxylic acids is 1. The molecular weight excluding hydrogens is 274 g/mol. The van der Waals surface area contributed by atoms with E-state index in [1.165, 1.54) is 11.2 Å². The van der Waals surface area contributed by atoms with Crippen LogP contribution in [0.4, 0.5) is 5.82 Å². The van der Waals surface area contributed by atoms with Gasteiger partial charge in [0.1, 0.15) is 23.0 Å². The van der Waals surface area contributed by atoms with E-state index in [1.54, 1.807) is 11.3 Å². The molecule has 0 saturated heterocycles. The van der Waals surface area contributed by atoms with E-state index in [4.69, 9.17) is 0 Å². The highest BCUT2D eigenvalue weighted by Crippen LogP contribution is 2.29. The van der Waals surface area contributed by atoms with E-state index in [0.717, 1.165) is 23.1 Å². The van der Waals surface area contributed by atoms with Crippen LogP contribution in [0.25, 0.3) is 10.2 Å². The van der Waals surface area contributed by atoms with Gasteiger partial charge in [-0.1, -0.05) is 27.2 Å². The summed E-state index contributed by atoms with van der Waals surface area (Å²) >= 11 is 1.62. The molecular formula is C14H19N3O2S. The molecule has 0 unspecified atom stereocenters. The summed E-state index contributed by atoms with van der Waals surface area (Å²) in [6.07, 6.45) is 3.21. The highest BCUT2D eigenvalue weighted by atomic mass is 32.1. The fourth-order valence-electron chi connectivity index (χ4n) is 2.03. The lowest BCUT2D eigenvalue weighted by molar-refractivity contribution is -0.139. The summed E-state index contributed by atoms with van der Waals surface area (Å²) in [6.45, 7) is 6.00. The van der Waals surface area contributed by atoms with E-state index >= 15 is 0 Å². The SMILES string of the molecule is CCc1cc2c(N[C@H](C(=O)O)[C@H](C)CC)ncnc2s1. The summed E-state index contributed by atoms with van der Waals surface area (Å²) in [5.41, 5.74) is 0. The lowest BCUT2D eigenvalue weighted by Gasteiger charge is -2.20. The predicted molar refractivity (Wildman–Crippen MR) is 81.3 cm³/mol. The van der Waals surface area contributed by atoms with Gasteiger partial charge < -0.3 is 10.4 Å². The Hall–Kier alpha value is -1.69. The van der Waals surface area contributed by atoms with Crippen LogP contribution in [0.2, 0.25) is 0 Å². The van der Waals surface area contributed by atoms with Crippen molar-refractivity contribution in [2.24, 2.45) is 5.92 Å². The molecule has 2 heterocycles. The monoisotopic (exact) mass is 293 g/mol. The number of hydrogen-bond donors (Lipinski definition) is 2. The van der Waals surface area contributed by atoms with Crippen molar-refractivity contribution in [3.63, 3.8) is 0 Å². The zero-order valence-corrected chi connectivity index (χ0v) is 12.7. The van der Waals surface area contributed by atoms with Crippen LogP contribution in [-0.2, 0) is 11.2 Å². The molecule has 0 amide bonds. The van der Waals surface area contributed by atoms with E-state index in [1.807, 2.05) is 19.9 Å². The molecule has 0 aliphatic carbocycles. The second-order valence-corrected chi connectivity index (χ2v) is 5.97. The second-order valence-electron chi connectivity index (χ2n) is 4.85. The topological polar surface area (TPSA) is 75.1 Å². The second kappa shape index (κ2) is 6.17. The van der Waals surface area contributed by atoms with Gasteiger partial charge in [0, 0.05) is 4.88 Å². The Morgan fingerprint density at radius 2 is 2.20 bits per heavy atom. The van der Waals surface area contributed by atoms with Gasteiger partial charge in [0.25, 0.3) is 0 Å². The maximum atomic E-state index is 11.4. The summed E-state index contributed by atoms with van der Waals surface area (Å²) in [6, 6.07) is 1.40. The molecule has 2 aromatic rings. The number of anilines is 1. The predicted octanol–water partition coefficient (Wildman–Crippen LogP) is 3.16. The molecule has 5 nitrogen and oxygen atoms in total. The van der Waals surface area contributed by atoms with Gasteiger partial charge in [-0.3, -0.25) is 0 Å². The van der Waals surface area contributed by atoms with Crippen LogP contribution in [0.1, 0.15) is 32.1 Å². The maximum Gasteiger partial charge on any atom is 0.326 e. The minimum absolute atomic E-state index is 0.0294. The number of nitrogens with one attached hydrogen (secondary N) is 1. The molecule has 0 aliphatic heterocycles. The average Bonchev–Trinajstić information content (AvgIpc) is 2.87. The Labute approximate surface area is 122 Å². The van der Waals surface area contributed by atoms with Crippen molar-refractivity contribution < 1.29 is 9.90 Å². The van der Waals surface area contributed by atoms with Gasteiger partial charge in [0.05, 0.1) is 5.39 Å². The van der Waals surface area contributed by atoms with Gasteiger partial charge in [-0.2, -0.15) is 0 Å². The molecule has 6 heteroatoms.